The lowest BCUT2D eigenvalue weighted by atomic mass is 10.2. The first-order chi connectivity index (χ1) is 6.63. The fourth-order valence-corrected chi connectivity index (χ4v) is 1.81. The highest BCUT2D eigenvalue weighted by Gasteiger charge is 2.09. The molecule has 0 unspecified atom stereocenters. The number of nitrogens with zero attached hydrogens (tertiary/aromatic N) is 2. The van der Waals surface area contributed by atoms with Crippen molar-refractivity contribution in [2.45, 2.75) is 6.92 Å². The van der Waals surface area contributed by atoms with Gasteiger partial charge in [0.25, 0.3) is 0 Å². The second-order valence-electron chi connectivity index (χ2n) is 3.26. The summed E-state index contributed by atoms with van der Waals surface area (Å²) >= 11 is 6.01. The molecule has 0 aliphatic heterocycles. The van der Waals surface area contributed by atoms with E-state index in [-0.39, 0.29) is 0 Å². The van der Waals surface area contributed by atoms with Crippen molar-refractivity contribution in [1.29, 1.82) is 0 Å². The summed E-state index contributed by atoms with van der Waals surface area (Å²) in [5, 5.41) is 0.587. The predicted octanol–water partition coefficient (Wildman–Crippen LogP) is 2.35. The molecule has 14 heavy (non-hydrogen) atoms. The second-order valence-corrected chi connectivity index (χ2v) is 3.67. The average Bonchev–Trinajstić information content (AvgIpc) is 2.44. The zero-order chi connectivity index (χ0) is 10.3. The summed E-state index contributed by atoms with van der Waals surface area (Å²) in [4.78, 5) is 14.8. The SMILES string of the molecule is Cc1cc(Cl)c2nc(C=O)n(C)c2c1. The molecule has 4 heteroatoms. The number of carbonyl (C=O) groups excluding carboxylic acids is 1. The van der Waals surface area contributed by atoms with Gasteiger partial charge >= 0.3 is 0 Å². The van der Waals surface area contributed by atoms with Crippen LogP contribution in [-0.2, 0) is 7.05 Å². The first kappa shape index (κ1) is 9.21. The molecule has 1 aromatic heterocycles. The van der Waals surface area contributed by atoms with Crippen LogP contribution in [0.2, 0.25) is 5.02 Å². The molecular weight excluding hydrogens is 200 g/mol. The Bertz CT molecular complexity index is 516. The van der Waals surface area contributed by atoms with Crippen LogP contribution in [0.15, 0.2) is 12.1 Å². The van der Waals surface area contributed by atoms with Crippen molar-refractivity contribution < 1.29 is 4.79 Å². The van der Waals surface area contributed by atoms with E-state index in [2.05, 4.69) is 4.98 Å². The van der Waals surface area contributed by atoms with E-state index in [0.717, 1.165) is 17.4 Å². The number of benzene rings is 1. The number of aldehydes is 1. The van der Waals surface area contributed by atoms with Crippen LogP contribution in [0, 0.1) is 6.92 Å². The third-order valence-corrected chi connectivity index (χ3v) is 2.51. The topological polar surface area (TPSA) is 34.9 Å². The molecule has 0 aliphatic rings. The van der Waals surface area contributed by atoms with Gasteiger partial charge in [-0.15, -0.1) is 0 Å². The van der Waals surface area contributed by atoms with Gasteiger partial charge in [-0.05, 0) is 24.6 Å². The van der Waals surface area contributed by atoms with Crippen molar-refractivity contribution in [3.05, 3.63) is 28.5 Å². The summed E-state index contributed by atoms with van der Waals surface area (Å²) in [6.07, 6.45) is 0.728. The van der Waals surface area contributed by atoms with Crippen LogP contribution in [0.3, 0.4) is 0 Å². The lowest BCUT2D eigenvalue weighted by molar-refractivity contribution is 0.111. The maximum atomic E-state index is 10.7. The minimum Gasteiger partial charge on any atom is -0.325 e. The molecule has 0 bridgehead atoms. The number of hydrogen-bond acceptors (Lipinski definition) is 2. The minimum absolute atomic E-state index is 0.396. The van der Waals surface area contributed by atoms with E-state index in [1.807, 2.05) is 19.1 Å². The Labute approximate surface area is 86.3 Å². The van der Waals surface area contributed by atoms with Gasteiger partial charge in [-0.2, -0.15) is 0 Å². The Morgan fingerprint density at radius 1 is 1.50 bits per heavy atom. The van der Waals surface area contributed by atoms with Crippen LogP contribution in [-0.4, -0.2) is 15.8 Å². The number of aromatic nitrogens is 2. The molecule has 2 rings (SSSR count). The number of halogens is 1. The summed E-state index contributed by atoms with van der Waals surface area (Å²) in [6.45, 7) is 1.96. The first-order valence-electron chi connectivity index (χ1n) is 4.21. The molecule has 72 valence electrons. The van der Waals surface area contributed by atoms with Crippen LogP contribution in [0.5, 0.6) is 0 Å². The molecule has 1 aromatic carbocycles. The van der Waals surface area contributed by atoms with Gasteiger partial charge in [-0.3, -0.25) is 4.79 Å². The average molecular weight is 209 g/mol. The fraction of sp³-hybridized carbons (Fsp3) is 0.200. The third-order valence-electron chi connectivity index (χ3n) is 2.22. The van der Waals surface area contributed by atoms with E-state index in [4.69, 9.17) is 11.6 Å². The molecule has 0 saturated carbocycles. The molecule has 2 aromatic rings. The van der Waals surface area contributed by atoms with Crippen molar-refractivity contribution in [3.8, 4) is 0 Å². The zero-order valence-electron chi connectivity index (χ0n) is 7.91. The summed E-state index contributed by atoms with van der Waals surface area (Å²) in [6, 6.07) is 3.80. The summed E-state index contributed by atoms with van der Waals surface area (Å²) < 4.78 is 1.74. The Hall–Kier alpha value is -1.35. The van der Waals surface area contributed by atoms with E-state index in [9.17, 15) is 4.79 Å². The Morgan fingerprint density at radius 3 is 2.86 bits per heavy atom. The number of imidazole rings is 1. The van der Waals surface area contributed by atoms with Crippen molar-refractivity contribution >= 4 is 28.9 Å². The van der Waals surface area contributed by atoms with Gasteiger partial charge < -0.3 is 4.57 Å². The van der Waals surface area contributed by atoms with Gasteiger partial charge in [0.2, 0.25) is 0 Å². The molecule has 1 heterocycles. The maximum absolute atomic E-state index is 10.7. The van der Waals surface area contributed by atoms with E-state index in [1.165, 1.54) is 0 Å². The largest absolute Gasteiger partial charge is 0.325 e. The highest BCUT2D eigenvalue weighted by Crippen LogP contribution is 2.24. The van der Waals surface area contributed by atoms with Gasteiger partial charge in [0.15, 0.2) is 12.1 Å². The summed E-state index contributed by atoms with van der Waals surface area (Å²) in [5.74, 6) is 0.396. The van der Waals surface area contributed by atoms with Gasteiger partial charge in [0, 0.05) is 7.05 Å². The third kappa shape index (κ3) is 1.21. The Kier molecular flexibility index (Phi) is 2.04. The van der Waals surface area contributed by atoms with Gasteiger partial charge in [0.05, 0.1) is 10.5 Å². The monoisotopic (exact) mass is 208 g/mol. The number of rotatable bonds is 1. The maximum Gasteiger partial charge on any atom is 0.185 e. The van der Waals surface area contributed by atoms with Crippen molar-refractivity contribution in [1.82, 2.24) is 9.55 Å². The predicted molar refractivity (Wildman–Crippen MR) is 55.8 cm³/mol. The fourth-order valence-electron chi connectivity index (χ4n) is 1.50. The highest BCUT2D eigenvalue weighted by atomic mass is 35.5. The standard InChI is InChI=1S/C10H9ClN2O/c1-6-3-7(11)10-8(4-6)13(2)9(5-14)12-10/h3-5H,1-2H3. The zero-order valence-corrected chi connectivity index (χ0v) is 8.67. The Balaban J connectivity index is 2.91. The van der Waals surface area contributed by atoms with Crippen LogP contribution in [0.25, 0.3) is 11.0 Å². The second kappa shape index (κ2) is 3.10. The lowest BCUT2D eigenvalue weighted by Gasteiger charge is -1.98. The number of hydrogen-bond donors (Lipinski definition) is 0. The molecule has 3 nitrogen and oxygen atoms in total. The van der Waals surface area contributed by atoms with Crippen molar-refractivity contribution in [2.75, 3.05) is 0 Å². The lowest BCUT2D eigenvalue weighted by Crippen LogP contribution is -1.94. The van der Waals surface area contributed by atoms with E-state index in [1.54, 1.807) is 11.6 Å². The normalized spacial score (nSPS) is 10.8. The van der Waals surface area contributed by atoms with Crippen LogP contribution >= 0.6 is 11.6 Å². The number of carbonyl (C=O) groups is 1. The van der Waals surface area contributed by atoms with Crippen LogP contribution in [0.4, 0.5) is 0 Å². The van der Waals surface area contributed by atoms with Gasteiger partial charge in [-0.25, -0.2) is 4.98 Å². The summed E-state index contributed by atoms with van der Waals surface area (Å²) in [7, 11) is 1.80. The number of fused-ring (bicyclic) bond motifs is 1. The van der Waals surface area contributed by atoms with Crippen LogP contribution < -0.4 is 0 Å². The molecule has 0 atom stereocenters. The van der Waals surface area contributed by atoms with Crippen molar-refractivity contribution in [2.24, 2.45) is 7.05 Å². The summed E-state index contributed by atoms with van der Waals surface area (Å²) in [5.41, 5.74) is 2.63. The first-order valence-corrected chi connectivity index (χ1v) is 4.59. The molecule has 0 N–H and O–H groups in total. The van der Waals surface area contributed by atoms with Gasteiger partial charge in [0.1, 0.15) is 5.52 Å². The molecular formula is C10H9ClN2O. The minimum atomic E-state index is 0.396. The molecule has 0 spiro atoms. The van der Waals surface area contributed by atoms with Crippen LogP contribution in [0.1, 0.15) is 16.2 Å². The highest BCUT2D eigenvalue weighted by molar-refractivity contribution is 6.35. The smallest absolute Gasteiger partial charge is 0.185 e. The molecule has 0 radical (unpaired) electrons. The molecule has 0 aliphatic carbocycles. The van der Waals surface area contributed by atoms with E-state index < -0.39 is 0 Å². The molecule has 0 saturated heterocycles. The van der Waals surface area contributed by atoms with Crippen molar-refractivity contribution in [3.63, 3.8) is 0 Å². The number of aryl methyl sites for hydroxylation is 2. The Morgan fingerprint density at radius 2 is 2.21 bits per heavy atom. The van der Waals surface area contributed by atoms with E-state index in [0.29, 0.717) is 16.4 Å². The van der Waals surface area contributed by atoms with E-state index >= 15 is 0 Å². The molecule has 0 amide bonds. The van der Waals surface area contributed by atoms with Gasteiger partial charge in [-0.1, -0.05) is 11.6 Å². The molecule has 0 fully saturated rings. The quantitative estimate of drug-likeness (QED) is 0.675.